The molecule has 0 unspecified atom stereocenters. The van der Waals surface area contributed by atoms with Gasteiger partial charge in [-0.2, -0.15) is 0 Å². The van der Waals surface area contributed by atoms with Crippen LogP contribution in [0.3, 0.4) is 0 Å². The van der Waals surface area contributed by atoms with Gasteiger partial charge in [0, 0.05) is 6.61 Å². The lowest BCUT2D eigenvalue weighted by Crippen LogP contribution is -2.47. The van der Waals surface area contributed by atoms with Gasteiger partial charge >= 0.3 is 0 Å². The molecule has 182 valence electrons. The van der Waals surface area contributed by atoms with Gasteiger partial charge in [-0.1, -0.05) is 103 Å². The van der Waals surface area contributed by atoms with Crippen molar-refractivity contribution in [3.8, 4) is 0 Å². The van der Waals surface area contributed by atoms with E-state index in [1.54, 1.807) is 0 Å². The molecular formula is C24H50O6. The normalized spacial score (nSPS) is 15.8. The number of hydrogen-bond acceptors (Lipinski definition) is 6. The highest BCUT2D eigenvalue weighted by Gasteiger charge is 2.29. The minimum atomic E-state index is -1.59. The summed E-state index contributed by atoms with van der Waals surface area (Å²) in [5, 5.41) is 47.0. The van der Waals surface area contributed by atoms with Crippen LogP contribution >= 0.6 is 0 Å². The van der Waals surface area contributed by atoms with Gasteiger partial charge < -0.3 is 30.3 Å². The lowest BCUT2D eigenvalue weighted by molar-refractivity contribution is -0.129. The third-order valence-corrected chi connectivity index (χ3v) is 5.76. The van der Waals surface area contributed by atoms with Crippen LogP contribution in [0.15, 0.2) is 0 Å². The molecule has 0 heterocycles. The van der Waals surface area contributed by atoms with E-state index in [2.05, 4.69) is 6.92 Å². The Kier molecular flexibility index (Phi) is 21.8. The van der Waals surface area contributed by atoms with E-state index < -0.39 is 31.0 Å². The van der Waals surface area contributed by atoms with Gasteiger partial charge in [0.15, 0.2) is 0 Å². The molecule has 30 heavy (non-hydrogen) atoms. The maximum Gasteiger partial charge on any atom is 0.111 e. The highest BCUT2D eigenvalue weighted by Crippen LogP contribution is 2.14. The van der Waals surface area contributed by atoms with Gasteiger partial charge in [0.05, 0.1) is 13.2 Å². The summed E-state index contributed by atoms with van der Waals surface area (Å²) in [4.78, 5) is 0. The molecular weight excluding hydrogens is 384 g/mol. The van der Waals surface area contributed by atoms with E-state index in [1.165, 1.54) is 89.9 Å². The van der Waals surface area contributed by atoms with Crippen LogP contribution in [0.1, 0.15) is 110 Å². The van der Waals surface area contributed by atoms with E-state index in [0.717, 1.165) is 12.8 Å². The maximum atomic E-state index is 9.74. The summed E-state index contributed by atoms with van der Waals surface area (Å²) in [6.07, 6.45) is 15.1. The minimum absolute atomic E-state index is 0.102. The van der Waals surface area contributed by atoms with Crippen LogP contribution in [0.4, 0.5) is 0 Å². The molecule has 4 atom stereocenters. The second-order valence-corrected chi connectivity index (χ2v) is 8.68. The Bertz CT molecular complexity index is 342. The molecule has 0 aromatic carbocycles. The van der Waals surface area contributed by atoms with Crippen molar-refractivity contribution in [2.24, 2.45) is 0 Å². The monoisotopic (exact) mass is 434 g/mol. The number of aliphatic hydroxyl groups is 5. The smallest absolute Gasteiger partial charge is 0.111 e. The van der Waals surface area contributed by atoms with E-state index in [-0.39, 0.29) is 6.61 Å². The lowest BCUT2D eigenvalue weighted by atomic mass is 10.0. The first-order valence-electron chi connectivity index (χ1n) is 12.4. The maximum absolute atomic E-state index is 9.74. The Morgan fingerprint density at radius 1 is 0.533 bits per heavy atom. The predicted octanol–water partition coefficient (Wildman–Crippen LogP) is 3.70. The molecule has 0 radical (unpaired) electrons. The Labute approximate surface area is 184 Å². The molecule has 0 bridgehead atoms. The predicted molar refractivity (Wildman–Crippen MR) is 121 cm³/mol. The number of unbranched alkanes of at least 4 members (excludes halogenated alkanes) is 15. The number of hydrogen-bond donors (Lipinski definition) is 5. The molecule has 0 rings (SSSR count). The molecule has 0 fully saturated rings. The van der Waals surface area contributed by atoms with Gasteiger partial charge in [-0.05, 0) is 6.42 Å². The van der Waals surface area contributed by atoms with Crippen LogP contribution in [-0.2, 0) is 4.74 Å². The Hall–Kier alpha value is -0.240. The second-order valence-electron chi connectivity index (χ2n) is 8.68. The molecule has 6 nitrogen and oxygen atoms in total. The summed E-state index contributed by atoms with van der Waals surface area (Å²) in [6.45, 7) is 1.99. The van der Waals surface area contributed by atoms with Gasteiger partial charge in [-0.3, -0.25) is 0 Å². The van der Waals surface area contributed by atoms with E-state index in [4.69, 9.17) is 9.84 Å². The third kappa shape index (κ3) is 17.4. The molecule has 0 saturated heterocycles. The van der Waals surface area contributed by atoms with Crippen LogP contribution in [-0.4, -0.2) is 69.8 Å². The largest absolute Gasteiger partial charge is 0.394 e. The Morgan fingerprint density at radius 3 is 1.30 bits per heavy atom. The van der Waals surface area contributed by atoms with E-state index >= 15 is 0 Å². The van der Waals surface area contributed by atoms with Crippen LogP contribution < -0.4 is 0 Å². The zero-order valence-electron chi connectivity index (χ0n) is 19.4. The first-order valence-corrected chi connectivity index (χ1v) is 12.4. The summed E-state index contributed by atoms with van der Waals surface area (Å²) in [5.74, 6) is 0. The fourth-order valence-corrected chi connectivity index (χ4v) is 3.62. The second kappa shape index (κ2) is 22.0. The van der Waals surface area contributed by atoms with Crippen molar-refractivity contribution in [3.05, 3.63) is 0 Å². The molecule has 0 aliphatic heterocycles. The molecule has 0 aliphatic rings. The Balaban J connectivity index is 3.29. The van der Waals surface area contributed by atoms with Crippen molar-refractivity contribution >= 4 is 0 Å². The molecule has 0 spiro atoms. The average molecular weight is 435 g/mol. The van der Waals surface area contributed by atoms with E-state index in [9.17, 15) is 20.4 Å². The standard InChI is InChI=1S/C24H50O6/c1-2-3-4-5-6-7-8-9-10-11-12-13-14-15-16-17-18-30-20-22(27)24(29)23(28)21(26)19-25/h21-29H,2-20H2,1H3/t21-,22+,23+,24-/m0/s1. The summed E-state index contributed by atoms with van der Waals surface area (Å²) in [5.41, 5.74) is 0. The van der Waals surface area contributed by atoms with Crippen molar-refractivity contribution < 1.29 is 30.3 Å². The number of aliphatic hydroxyl groups excluding tert-OH is 5. The zero-order chi connectivity index (χ0) is 22.5. The van der Waals surface area contributed by atoms with E-state index in [0.29, 0.717) is 6.61 Å². The van der Waals surface area contributed by atoms with Crippen molar-refractivity contribution in [2.45, 2.75) is 134 Å². The summed E-state index contributed by atoms with van der Waals surface area (Å²) in [7, 11) is 0. The quantitative estimate of drug-likeness (QED) is 0.157. The van der Waals surface area contributed by atoms with Crippen LogP contribution in [0.2, 0.25) is 0 Å². The average Bonchev–Trinajstić information content (AvgIpc) is 2.76. The van der Waals surface area contributed by atoms with Gasteiger partial charge in [-0.15, -0.1) is 0 Å². The van der Waals surface area contributed by atoms with Gasteiger partial charge in [0.1, 0.15) is 24.4 Å². The van der Waals surface area contributed by atoms with Gasteiger partial charge in [-0.25, -0.2) is 0 Å². The first kappa shape index (κ1) is 29.8. The van der Waals surface area contributed by atoms with Crippen LogP contribution in [0.25, 0.3) is 0 Å². The van der Waals surface area contributed by atoms with Crippen LogP contribution in [0.5, 0.6) is 0 Å². The molecule has 0 aliphatic carbocycles. The Morgan fingerprint density at radius 2 is 0.900 bits per heavy atom. The third-order valence-electron chi connectivity index (χ3n) is 5.76. The highest BCUT2D eigenvalue weighted by atomic mass is 16.5. The SMILES string of the molecule is CCCCCCCCCCCCCCCCCCOC[C@@H](O)[C@H](O)[C@H](O)[C@@H](O)CO. The minimum Gasteiger partial charge on any atom is -0.394 e. The number of ether oxygens (including phenoxy) is 1. The van der Waals surface area contributed by atoms with Crippen molar-refractivity contribution in [3.63, 3.8) is 0 Å². The van der Waals surface area contributed by atoms with E-state index in [1.807, 2.05) is 0 Å². The van der Waals surface area contributed by atoms with Gasteiger partial charge in [0.2, 0.25) is 0 Å². The van der Waals surface area contributed by atoms with Crippen molar-refractivity contribution in [1.29, 1.82) is 0 Å². The molecule has 5 N–H and O–H groups in total. The molecule has 0 amide bonds. The lowest BCUT2D eigenvalue weighted by Gasteiger charge is -2.25. The topological polar surface area (TPSA) is 110 Å². The van der Waals surface area contributed by atoms with Crippen LogP contribution in [0, 0.1) is 0 Å². The fraction of sp³-hybridized carbons (Fsp3) is 1.00. The zero-order valence-corrected chi connectivity index (χ0v) is 19.4. The van der Waals surface area contributed by atoms with Crippen molar-refractivity contribution in [2.75, 3.05) is 19.8 Å². The number of rotatable bonds is 23. The molecule has 0 aromatic rings. The first-order chi connectivity index (χ1) is 14.5. The van der Waals surface area contributed by atoms with Gasteiger partial charge in [0.25, 0.3) is 0 Å². The summed E-state index contributed by atoms with van der Waals surface area (Å²) in [6, 6.07) is 0. The summed E-state index contributed by atoms with van der Waals surface area (Å²) < 4.78 is 5.33. The summed E-state index contributed by atoms with van der Waals surface area (Å²) >= 11 is 0. The van der Waals surface area contributed by atoms with Crippen molar-refractivity contribution in [1.82, 2.24) is 0 Å². The molecule has 0 aromatic heterocycles. The molecule has 0 saturated carbocycles. The molecule has 6 heteroatoms. The fourth-order valence-electron chi connectivity index (χ4n) is 3.62. The highest BCUT2D eigenvalue weighted by molar-refractivity contribution is 4.80.